The highest BCUT2D eigenvalue weighted by atomic mass is 35.5. The summed E-state index contributed by atoms with van der Waals surface area (Å²) < 4.78 is 0. The van der Waals surface area contributed by atoms with Crippen LogP contribution in [0.15, 0.2) is 30.6 Å². The van der Waals surface area contributed by atoms with Gasteiger partial charge < -0.3 is 15.5 Å². The zero-order valence-corrected chi connectivity index (χ0v) is 14.9. The molecule has 0 unspecified atom stereocenters. The van der Waals surface area contributed by atoms with Crippen molar-refractivity contribution in [2.24, 2.45) is 0 Å². The van der Waals surface area contributed by atoms with Gasteiger partial charge in [0, 0.05) is 29.6 Å². The summed E-state index contributed by atoms with van der Waals surface area (Å²) in [5, 5.41) is 6.63. The Labute approximate surface area is 147 Å². The number of nitrogens with zero attached hydrogens (tertiary/aromatic N) is 3. The third-order valence-electron chi connectivity index (χ3n) is 3.50. The number of amides is 1. The average Bonchev–Trinajstić information content (AvgIpc) is 2.56. The van der Waals surface area contributed by atoms with Crippen LogP contribution in [0.5, 0.6) is 0 Å². The first-order valence-corrected chi connectivity index (χ1v) is 8.12. The van der Waals surface area contributed by atoms with Gasteiger partial charge >= 0.3 is 0 Å². The van der Waals surface area contributed by atoms with Crippen molar-refractivity contribution in [3.63, 3.8) is 0 Å². The molecule has 0 aliphatic carbocycles. The van der Waals surface area contributed by atoms with E-state index in [4.69, 9.17) is 11.6 Å². The number of aromatic nitrogens is 2. The second kappa shape index (κ2) is 8.61. The number of hydrogen-bond acceptors (Lipinski definition) is 5. The van der Waals surface area contributed by atoms with E-state index in [0.29, 0.717) is 23.1 Å². The zero-order chi connectivity index (χ0) is 17.5. The van der Waals surface area contributed by atoms with Crippen LogP contribution in [-0.2, 0) is 0 Å². The molecule has 0 aliphatic heterocycles. The van der Waals surface area contributed by atoms with Gasteiger partial charge in [0.1, 0.15) is 0 Å². The van der Waals surface area contributed by atoms with Crippen LogP contribution in [0.4, 0.5) is 11.6 Å². The van der Waals surface area contributed by atoms with Crippen LogP contribution >= 0.6 is 11.6 Å². The molecule has 0 atom stereocenters. The number of benzene rings is 1. The van der Waals surface area contributed by atoms with Gasteiger partial charge in [-0.1, -0.05) is 17.7 Å². The highest BCUT2D eigenvalue weighted by Crippen LogP contribution is 2.24. The fourth-order valence-corrected chi connectivity index (χ4v) is 2.25. The van der Waals surface area contributed by atoms with Crippen LogP contribution in [-0.4, -0.2) is 48.0 Å². The highest BCUT2D eigenvalue weighted by molar-refractivity contribution is 6.31. The molecule has 1 heterocycles. The summed E-state index contributed by atoms with van der Waals surface area (Å²) in [6, 6.07) is 5.58. The van der Waals surface area contributed by atoms with Gasteiger partial charge in [-0.05, 0) is 51.7 Å². The predicted octanol–water partition coefficient (Wildman–Crippen LogP) is 2.86. The Balaban J connectivity index is 1.93. The number of carbonyl (C=O) groups is 1. The zero-order valence-electron chi connectivity index (χ0n) is 14.1. The summed E-state index contributed by atoms with van der Waals surface area (Å²) >= 11 is 6.09. The van der Waals surface area contributed by atoms with Crippen LogP contribution in [0.3, 0.4) is 0 Å². The largest absolute Gasteiger partial charge is 0.352 e. The van der Waals surface area contributed by atoms with Gasteiger partial charge in [0.25, 0.3) is 5.91 Å². The summed E-state index contributed by atoms with van der Waals surface area (Å²) in [6.07, 6.45) is 3.92. The summed E-state index contributed by atoms with van der Waals surface area (Å²) in [4.78, 5) is 22.5. The van der Waals surface area contributed by atoms with Gasteiger partial charge in [0.2, 0.25) is 5.95 Å². The van der Waals surface area contributed by atoms with E-state index in [0.717, 1.165) is 24.2 Å². The first-order valence-electron chi connectivity index (χ1n) is 7.74. The Morgan fingerprint density at radius 3 is 2.62 bits per heavy atom. The van der Waals surface area contributed by atoms with Crippen LogP contribution < -0.4 is 10.6 Å². The summed E-state index contributed by atoms with van der Waals surface area (Å²) in [6.45, 7) is 3.47. The molecular formula is C17H22ClN5O. The number of carbonyl (C=O) groups excluding carboxylic acids is 1. The molecule has 0 saturated carbocycles. The fraction of sp³-hybridized carbons (Fsp3) is 0.353. The number of rotatable bonds is 7. The molecule has 7 heteroatoms. The molecule has 0 saturated heterocycles. The smallest absolute Gasteiger partial charge is 0.254 e. The van der Waals surface area contributed by atoms with Gasteiger partial charge in [-0.3, -0.25) is 4.79 Å². The van der Waals surface area contributed by atoms with Crippen molar-refractivity contribution < 1.29 is 4.79 Å². The summed E-state index contributed by atoms with van der Waals surface area (Å²) in [7, 11) is 4.01. The van der Waals surface area contributed by atoms with Crippen LogP contribution in [0.25, 0.3) is 0 Å². The van der Waals surface area contributed by atoms with Crippen LogP contribution in [0.1, 0.15) is 22.3 Å². The first-order chi connectivity index (χ1) is 11.5. The van der Waals surface area contributed by atoms with Gasteiger partial charge in [-0.15, -0.1) is 0 Å². The van der Waals surface area contributed by atoms with Crippen molar-refractivity contribution in [3.05, 3.63) is 46.7 Å². The third kappa shape index (κ3) is 5.18. The maximum absolute atomic E-state index is 12.0. The molecule has 0 radical (unpaired) electrons. The minimum Gasteiger partial charge on any atom is -0.352 e. The molecule has 1 amide bonds. The quantitative estimate of drug-likeness (QED) is 0.754. The molecule has 0 aliphatic rings. The van der Waals surface area contributed by atoms with Crippen LogP contribution in [0, 0.1) is 6.92 Å². The lowest BCUT2D eigenvalue weighted by Crippen LogP contribution is -2.27. The lowest BCUT2D eigenvalue weighted by atomic mass is 10.2. The Hall–Kier alpha value is -2.18. The highest BCUT2D eigenvalue weighted by Gasteiger charge is 2.08. The Morgan fingerprint density at radius 1 is 1.25 bits per heavy atom. The molecule has 0 fully saturated rings. The molecule has 24 heavy (non-hydrogen) atoms. The Kier molecular flexibility index (Phi) is 6.52. The van der Waals surface area contributed by atoms with E-state index in [-0.39, 0.29) is 5.91 Å². The van der Waals surface area contributed by atoms with Crippen molar-refractivity contribution >= 4 is 29.1 Å². The third-order valence-corrected chi connectivity index (χ3v) is 3.91. The number of nitrogens with one attached hydrogen (secondary N) is 2. The van der Waals surface area contributed by atoms with Gasteiger partial charge in [-0.25, -0.2) is 9.97 Å². The number of anilines is 2. The van der Waals surface area contributed by atoms with E-state index in [2.05, 4.69) is 25.5 Å². The summed E-state index contributed by atoms with van der Waals surface area (Å²) in [5.74, 6) is 0.253. The molecule has 1 aromatic heterocycles. The van der Waals surface area contributed by atoms with E-state index >= 15 is 0 Å². The van der Waals surface area contributed by atoms with E-state index in [1.807, 2.05) is 39.2 Å². The second-order valence-electron chi connectivity index (χ2n) is 5.75. The Bertz CT molecular complexity index is 688. The van der Waals surface area contributed by atoms with Gasteiger partial charge in [0.05, 0.1) is 5.56 Å². The SMILES string of the molecule is Cc1c(Cl)cccc1Nc1ncc(C(=O)NCCCN(C)C)cn1. The van der Waals surface area contributed by atoms with Crippen molar-refractivity contribution in [1.82, 2.24) is 20.2 Å². The lowest BCUT2D eigenvalue weighted by molar-refractivity contribution is 0.0951. The standard InChI is InChI=1S/C17H22ClN5O/c1-12-14(18)6-4-7-15(12)22-17-20-10-13(11-21-17)16(24)19-8-5-9-23(2)3/h4,6-7,10-11H,5,8-9H2,1-3H3,(H,19,24)(H,20,21,22). The lowest BCUT2D eigenvalue weighted by Gasteiger charge is -2.10. The topological polar surface area (TPSA) is 70.2 Å². The fourth-order valence-electron chi connectivity index (χ4n) is 2.07. The molecule has 0 bridgehead atoms. The minimum absolute atomic E-state index is 0.167. The first kappa shape index (κ1) is 18.2. The molecule has 0 spiro atoms. The predicted molar refractivity (Wildman–Crippen MR) is 97.0 cm³/mol. The van der Waals surface area contributed by atoms with Gasteiger partial charge in [0.15, 0.2) is 0 Å². The van der Waals surface area contributed by atoms with Crippen LogP contribution in [0.2, 0.25) is 5.02 Å². The van der Waals surface area contributed by atoms with Crippen molar-refractivity contribution in [2.45, 2.75) is 13.3 Å². The molecule has 2 rings (SSSR count). The minimum atomic E-state index is -0.167. The molecule has 128 valence electrons. The number of halogens is 1. The maximum Gasteiger partial charge on any atom is 0.254 e. The van der Waals surface area contributed by atoms with Crippen molar-refractivity contribution in [1.29, 1.82) is 0 Å². The van der Waals surface area contributed by atoms with E-state index in [1.165, 1.54) is 12.4 Å². The maximum atomic E-state index is 12.0. The van der Waals surface area contributed by atoms with E-state index in [9.17, 15) is 4.79 Å². The Morgan fingerprint density at radius 2 is 1.96 bits per heavy atom. The number of hydrogen-bond donors (Lipinski definition) is 2. The molecule has 2 aromatic rings. The normalized spacial score (nSPS) is 10.7. The van der Waals surface area contributed by atoms with Gasteiger partial charge in [-0.2, -0.15) is 0 Å². The van der Waals surface area contributed by atoms with Crippen molar-refractivity contribution in [2.75, 3.05) is 32.5 Å². The second-order valence-corrected chi connectivity index (χ2v) is 6.15. The van der Waals surface area contributed by atoms with E-state index in [1.54, 1.807) is 0 Å². The average molecular weight is 348 g/mol. The molecule has 2 N–H and O–H groups in total. The van der Waals surface area contributed by atoms with Crippen molar-refractivity contribution in [3.8, 4) is 0 Å². The summed E-state index contributed by atoms with van der Waals surface area (Å²) in [5.41, 5.74) is 2.20. The molecule has 6 nitrogen and oxygen atoms in total. The monoisotopic (exact) mass is 347 g/mol. The molecular weight excluding hydrogens is 326 g/mol. The van der Waals surface area contributed by atoms with E-state index < -0.39 is 0 Å². The molecule has 1 aromatic carbocycles.